The lowest BCUT2D eigenvalue weighted by atomic mass is 9.89. The maximum Gasteiger partial charge on any atom is 0.164 e. The predicted octanol–water partition coefficient (Wildman–Crippen LogP) is 15.2. The lowest BCUT2D eigenvalue weighted by molar-refractivity contribution is 0.669. The molecule has 4 nitrogen and oxygen atoms in total. The first-order chi connectivity index (χ1) is 30.2. The Kier molecular flexibility index (Phi) is 8.13. The fraction of sp³-hybridized carbons (Fsp3) is 0. The lowest BCUT2D eigenvalue weighted by Crippen LogP contribution is -2.00. The number of furan rings is 1. The number of para-hydroxylation sites is 1. The second-order valence-electron chi connectivity index (χ2n) is 15.5. The molecule has 0 bridgehead atoms. The maximum absolute atomic E-state index is 6.26. The van der Waals surface area contributed by atoms with Crippen LogP contribution in [-0.4, -0.2) is 15.0 Å². The zero-order valence-electron chi connectivity index (χ0n) is 33.0. The van der Waals surface area contributed by atoms with Crippen molar-refractivity contribution in [2.24, 2.45) is 0 Å². The van der Waals surface area contributed by atoms with E-state index in [9.17, 15) is 0 Å². The average Bonchev–Trinajstić information content (AvgIpc) is 3.73. The maximum atomic E-state index is 6.26. The molecule has 0 fully saturated rings. The molecule has 284 valence electrons. The zero-order chi connectivity index (χ0) is 40.3. The molecule has 0 amide bonds. The van der Waals surface area contributed by atoms with Crippen molar-refractivity contribution in [1.29, 1.82) is 0 Å². The molecule has 0 aliphatic heterocycles. The van der Waals surface area contributed by atoms with Gasteiger partial charge in [0.05, 0.1) is 0 Å². The summed E-state index contributed by atoms with van der Waals surface area (Å²) in [5.41, 5.74) is 11.2. The minimum absolute atomic E-state index is 0.604. The van der Waals surface area contributed by atoms with E-state index in [1.165, 1.54) is 37.9 Å². The van der Waals surface area contributed by atoms with Gasteiger partial charge in [-0.25, -0.2) is 15.0 Å². The van der Waals surface area contributed by atoms with Crippen molar-refractivity contribution in [1.82, 2.24) is 15.0 Å². The van der Waals surface area contributed by atoms with Crippen LogP contribution < -0.4 is 0 Å². The van der Waals surface area contributed by atoms with Gasteiger partial charge in [-0.3, -0.25) is 0 Å². The smallest absolute Gasteiger partial charge is 0.164 e. The van der Waals surface area contributed by atoms with Gasteiger partial charge in [0, 0.05) is 27.5 Å². The van der Waals surface area contributed by atoms with Gasteiger partial charge in [0.15, 0.2) is 17.5 Å². The molecule has 0 N–H and O–H groups in total. The number of nitrogens with zero attached hydrogens (tertiary/aromatic N) is 3. The number of fused-ring (bicyclic) bond motifs is 7. The monoisotopic (exact) mass is 777 g/mol. The first-order valence-electron chi connectivity index (χ1n) is 20.6. The second kappa shape index (κ2) is 14.3. The van der Waals surface area contributed by atoms with Crippen LogP contribution in [0.5, 0.6) is 0 Å². The van der Waals surface area contributed by atoms with Crippen molar-refractivity contribution in [3.8, 4) is 67.5 Å². The third kappa shape index (κ3) is 6.04. The predicted molar refractivity (Wildman–Crippen MR) is 252 cm³/mol. The Hall–Kier alpha value is -8.21. The Morgan fingerprint density at radius 2 is 0.836 bits per heavy atom. The molecule has 2 aromatic heterocycles. The van der Waals surface area contributed by atoms with E-state index in [0.717, 1.165) is 66.4 Å². The highest BCUT2D eigenvalue weighted by atomic mass is 16.3. The number of benzene rings is 10. The number of hydrogen-bond donors (Lipinski definition) is 0. The molecule has 10 aromatic carbocycles. The molecular weight excluding hydrogens is 743 g/mol. The number of rotatable bonds is 6. The summed E-state index contributed by atoms with van der Waals surface area (Å²) in [5.74, 6) is 1.83. The molecular formula is C57H35N3O. The van der Waals surface area contributed by atoms with Gasteiger partial charge < -0.3 is 4.42 Å². The SMILES string of the molecule is c1ccc(-c2cccc(-c3nc(-c4ccc(-c5c6ccccc6cc6c5ccc5ccccc56)cc4)nc(-c4cccc(-c5cccc6oc7ccccc7c56)c4)n3)c2)cc1. The minimum atomic E-state index is 0.604. The van der Waals surface area contributed by atoms with Crippen molar-refractivity contribution in [2.75, 3.05) is 0 Å². The highest BCUT2D eigenvalue weighted by Crippen LogP contribution is 2.41. The standard InChI is InChI=1S/C57H35N3O/c1-2-13-36(14-3-1)40-17-10-19-43(33-40)56-58-55(59-57(60-56)44-20-11-18-41(34-44)47-24-12-26-52-54(47)49-23-8-9-25-51(49)61-52)39-29-27-38(28-30-39)53-46-22-7-5-16-42(46)35-50-45-21-6-4-15-37(45)31-32-48(50)53/h1-35H. The third-order valence-corrected chi connectivity index (χ3v) is 11.9. The van der Waals surface area contributed by atoms with E-state index in [1.807, 2.05) is 24.3 Å². The molecule has 0 aliphatic carbocycles. The van der Waals surface area contributed by atoms with E-state index in [0.29, 0.717) is 17.5 Å². The van der Waals surface area contributed by atoms with E-state index in [2.05, 4.69) is 188 Å². The average molecular weight is 778 g/mol. The van der Waals surface area contributed by atoms with Crippen LogP contribution in [0.4, 0.5) is 0 Å². The first-order valence-corrected chi connectivity index (χ1v) is 20.6. The van der Waals surface area contributed by atoms with Crippen molar-refractivity contribution in [3.63, 3.8) is 0 Å². The Labute approximate surface area is 352 Å². The van der Waals surface area contributed by atoms with Crippen molar-refractivity contribution >= 4 is 54.3 Å². The van der Waals surface area contributed by atoms with Gasteiger partial charge in [-0.1, -0.05) is 182 Å². The summed E-state index contributed by atoms with van der Waals surface area (Å²) >= 11 is 0. The third-order valence-electron chi connectivity index (χ3n) is 11.9. The van der Waals surface area contributed by atoms with Crippen LogP contribution in [-0.2, 0) is 0 Å². The van der Waals surface area contributed by atoms with E-state index >= 15 is 0 Å². The Bertz CT molecular complexity index is 3650. The summed E-state index contributed by atoms with van der Waals surface area (Å²) in [7, 11) is 0. The van der Waals surface area contributed by atoms with Crippen molar-refractivity contribution in [3.05, 3.63) is 212 Å². The summed E-state index contributed by atoms with van der Waals surface area (Å²) in [6, 6.07) is 74.7. The van der Waals surface area contributed by atoms with Crippen LogP contribution in [0.1, 0.15) is 0 Å². The topological polar surface area (TPSA) is 51.8 Å². The molecule has 2 heterocycles. The van der Waals surface area contributed by atoms with E-state index < -0.39 is 0 Å². The molecule has 12 aromatic rings. The van der Waals surface area contributed by atoms with Gasteiger partial charge in [0.1, 0.15) is 11.2 Å². The molecule has 0 saturated carbocycles. The van der Waals surface area contributed by atoms with Crippen molar-refractivity contribution < 1.29 is 4.42 Å². The number of hydrogen-bond acceptors (Lipinski definition) is 4. The number of aromatic nitrogens is 3. The highest BCUT2D eigenvalue weighted by molar-refractivity contribution is 6.20. The van der Waals surface area contributed by atoms with Gasteiger partial charge in [-0.2, -0.15) is 0 Å². The quantitative estimate of drug-likeness (QED) is 0.125. The first kappa shape index (κ1) is 34.8. The van der Waals surface area contributed by atoms with Crippen LogP contribution in [0.3, 0.4) is 0 Å². The molecule has 4 heteroatoms. The molecule has 0 atom stereocenters. The fourth-order valence-electron chi connectivity index (χ4n) is 8.99. The van der Waals surface area contributed by atoms with Gasteiger partial charge in [-0.05, 0) is 96.0 Å². The summed E-state index contributed by atoms with van der Waals surface area (Å²) in [4.78, 5) is 15.6. The Morgan fingerprint density at radius 1 is 0.279 bits per heavy atom. The van der Waals surface area contributed by atoms with Crippen LogP contribution in [0.15, 0.2) is 217 Å². The van der Waals surface area contributed by atoms with E-state index in [-0.39, 0.29) is 0 Å². The zero-order valence-corrected chi connectivity index (χ0v) is 33.0. The van der Waals surface area contributed by atoms with Crippen LogP contribution in [0.2, 0.25) is 0 Å². The Morgan fingerprint density at radius 3 is 1.62 bits per heavy atom. The fourth-order valence-corrected chi connectivity index (χ4v) is 8.99. The molecule has 0 saturated heterocycles. The molecule has 0 unspecified atom stereocenters. The summed E-state index contributed by atoms with van der Waals surface area (Å²) in [5, 5.41) is 9.59. The van der Waals surface area contributed by atoms with Crippen LogP contribution in [0.25, 0.3) is 122 Å². The van der Waals surface area contributed by atoms with E-state index in [4.69, 9.17) is 19.4 Å². The van der Waals surface area contributed by atoms with E-state index in [1.54, 1.807) is 0 Å². The van der Waals surface area contributed by atoms with Gasteiger partial charge in [0.25, 0.3) is 0 Å². The molecule has 12 rings (SSSR count). The highest BCUT2D eigenvalue weighted by Gasteiger charge is 2.18. The summed E-state index contributed by atoms with van der Waals surface area (Å²) in [6.07, 6.45) is 0. The molecule has 0 radical (unpaired) electrons. The second-order valence-corrected chi connectivity index (χ2v) is 15.5. The lowest BCUT2D eigenvalue weighted by Gasteiger charge is -2.15. The van der Waals surface area contributed by atoms with Crippen molar-refractivity contribution in [2.45, 2.75) is 0 Å². The summed E-state index contributed by atoms with van der Waals surface area (Å²) < 4.78 is 6.26. The molecule has 0 aliphatic rings. The van der Waals surface area contributed by atoms with Gasteiger partial charge in [0.2, 0.25) is 0 Å². The molecule has 61 heavy (non-hydrogen) atoms. The minimum Gasteiger partial charge on any atom is -0.456 e. The Balaban J connectivity index is 1.01. The van der Waals surface area contributed by atoms with Crippen LogP contribution >= 0.6 is 0 Å². The largest absolute Gasteiger partial charge is 0.456 e. The normalized spacial score (nSPS) is 11.6. The molecule has 0 spiro atoms. The van der Waals surface area contributed by atoms with Gasteiger partial charge in [-0.15, -0.1) is 0 Å². The van der Waals surface area contributed by atoms with Gasteiger partial charge >= 0.3 is 0 Å². The van der Waals surface area contributed by atoms with Crippen LogP contribution in [0, 0.1) is 0 Å². The summed E-state index contributed by atoms with van der Waals surface area (Å²) in [6.45, 7) is 0.